The van der Waals surface area contributed by atoms with Gasteiger partial charge in [0.15, 0.2) is 0 Å². The monoisotopic (exact) mass is 260 g/mol. The first-order valence-corrected chi connectivity index (χ1v) is 7.60. The first-order valence-electron chi connectivity index (χ1n) is 7.60. The molecule has 0 radical (unpaired) electrons. The molecule has 4 nitrogen and oxygen atoms in total. The van der Waals surface area contributed by atoms with E-state index in [1.165, 1.54) is 51.6 Å². The fourth-order valence-electron chi connectivity index (χ4n) is 3.33. The van der Waals surface area contributed by atoms with Crippen molar-refractivity contribution in [3.05, 3.63) is 18.0 Å². The van der Waals surface area contributed by atoms with Gasteiger partial charge in [-0.2, -0.15) is 0 Å². The van der Waals surface area contributed by atoms with Crippen molar-refractivity contribution in [1.82, 2.24) is 14.9 Å². The predicted molar refractivity (Wildman–Crippen MR) is 77.2 cm³/mol. The molecular weight excluding hydrogens is 236 g/mol. The Kier molecular flexibility index (Phi) is 3.97. The largest absolute Gasteiger partial charge is 0.351 e. The van der Waals surface area contributed by atoms with Crippen molar-refractivity contribution < 1.29 is 0 Å². The number of likely N-dealkylation sites (tertiary alicyclic amines) is 1. The van der Waals surface area contributed by atoms with Gasteiger partial charge in [0.1, 0.15) is 0 Å². The molecule has 0 bridgehead atoms. The zero-order valence-corrected chi connectivity index (χ0v) is 11.8. The van der Waals surface area contributed by atoms with Crippen molar-refractivity contribution in [2.24, 2.45) is 0 Å². The first kappa shape index (κ1) is 12.9. The van der Waals surface area contributed by atoms with Crippen LogP contribution in [0.2, 0.25) is 0 Å². The third-order valence-electron chi connectivity index (χ3n) is 4.48. The molecule has 3 rings (SSSR count). The van der Waals surface area contributed by atoms with E-state index in [9.17, 15) is 0 Å². The number of piperidine rings is 1. The summed E-state index contributed by atoms with van der Waals surface area (Å²) in [6.07, 6.45) is 11.9. The Hall–Kier alpha value is -1.16. The van der Waals surface area contributed by atoms with E-state index in [1.807, 2.05) is 19.3 Å². The van der Waals surface area contributed by atoms with E-state index in [2.05, 4.69) is 20.2 Å². The minimum atomic E-state index is 0.542. The molecule has 0 atom stereocenters. The molecule has 2 fully saturated rings. The van der Waals surface area contributed by atoms with Gasteiger partial charge in [-0.05, 0) is 38.2 Å². The van der Waals surface area contributed by atoms with Gasteiger partial charge >= 0.3 is 0 Å². The molecule has 4 heteroatoms. The third kappa shape index (κ3) is 3.24. The molecule has 0 amide bonds. The van der Waals surface area contributed by atoms with E-state index < -0.39 is 0 Å². The molecule has 1 saturated heterocycles. The van der Waals surface area contributed by atoms with Crippen LogP contribution >= 0.6 is 0 Å². The zero-order valence-electron chi connectivity index (χ0n) is 11.8. The highest BCUT2D eigenvalue weighted by molar-refractivity contribution is 5.26. The summed E-state index contributed by atoms with van der Waals surface area (Å²) < 4.78 is 0. The number of aryl methyl sites for hydroxylation is 1. The van der Waals surface area contributed by atoms with Crippen LogP contribution in [0, 0.1) is 6.92 Å². The van der Waals surface area contributed by atoms with Gasteiger partial charge in [0.2, 0.25) is 5.95 Å². The van der Waals surface area contributed by atoms with Crippen LogP contribution in [0.5, 0.6) is 0 Å². The summed E-state index contributed by atoms with van der Waals surface area (Å²) in [5.41, 5.74) is 1.11. The lowest BCUT2D eigenvalue weighted by Gasteiger charge is -2.36. The lowest BCUT2D eigenvalue weighted by Crippen LogP contribution is -2.43. The van der Waals surface area contributed by atoms with E-state index in [0.717, 1.165) is 17.6 Å². The van der Waals surface area contributed by atoms with Crippen LogP contribution in [0.4, 0.5) is 5.95 Å². The van der Waals surface area contributed by atoms with Crippen molar-refractivity contribution in [3.8, 4) is 0 Å². The van der Waals surface area contributed by atoms with E-state index >= 15 is 0 Å². The predicted octanol–water partition coefficient (Wildman–Crippen LogP) is 2.60. The Labute approximate surface area is 115 Å². The van der Waals surface area contributed by atoms with E-state index in [-0.39, 0.29) is 0 Å². The van der Waals surface area contributed by atoms with E-state index in [1.54, 1.807) is 0 Å². The molecule has 0 aromatic carbocycles. The number of nitrogens with one attached hydrogen (secondary N) is 1. The second-order valence-corrected chi connectivity index (χ2v) is 5.98. The van der Waals surface area contributed by atoms with Gasteiger partial charge in [-0.15, -0.1) is 0 Å². The quantitative estimate of drug-likeness (QED) is 0.907. The van der Waals surface area contributed by atoms with Crippen LogP contribution in [-0.2, 0) is 0 Å². The lowest BCUT2D eigenvalue weighted by molar-refractivity contribution is 0.159. The van der Waals surface area contributed by atoms with Crippen molar-refractivity contribution in [1.29, 1.82) is 0 Å². The highest BCUT2D eigenvalue weighted by atomic mass is 15.2. The van der Waals surface area contributed by atoms with Crippen LogP contribution in [-0.4, -0.2) is 40.0 Å². The molecule has 1 aromatic heterocycles. The summed E-state index contributed by atoms with van der Waals surface area (Å²) in [4.78, 5) is 11.4. The molecule has 2 aliphatic rings. The summed E-state index contributed by atoms with van der Waals surface area (Å²) in [6.45, 7) is 4.48. The maximum absolute atomic E-state index is 4.33. The Balaban J connectivity index is 1.48. The zero-order chi connectivity index (χ0) is 13.1. The number of hydrogen-bond donors (Lipinski definition) is 1. The molecular formula is C15H24N4. The molecule has 1 N–H and O–H groups in total. The summed E-state index contributed by atoms with van der Waals surface area (Å²) in [5.74, 6) is 0.782. The normalized spacial score (nSPS) is 22.8. The van der Waals surface area contributed by atoms with Gasteiger partial charge in [0.25, 0.3) is 0 Å². The van der Waals surface area contributed by atoms with Crippen LogP contribution < -0.4 is 5.32 Å². The summed E-state index contributed by atoms with van der Waals surface area (Å²) >= 11 is 0. The van der Waals surface area contributed by atoms with Gasteiger partial charge in [-0.3, -0.25) is 0 Å². The smallest absolute Gasteiger partial charge is 0.222 e. The molecule has 1 aliphatic carbocycles. The van der Waals surface area contributed by atoms with Gasteiger partial charge in [-0.25, -0.2) is 9.97 Å². The molecule has 0 unspecified atom stereocenters. The number of hydrogen-bond acceptors (Lipinski definition) is 4. The number of rotatable bonds is 3. The van der Waals surface area contributed by atoms with Gasteiger partial charge in [-0.1, -0.05) is 12.8 Å². The topological polar surface area (TPSA) is 41.1 Å². The number of aromatic nitrogens is 2. The Bertz CT molecular complexity index is 389. The number of nitrogens with zero attached hydrogens (tertiary/aromatic N) is 3. The SMILES string of the molecule is Cc1cnc(NC2CCN(C3CCCC3)CC2)nc1. The van der Waals surface area contributed by atoms with E-state index in [4.69, 9.17) is 0 Å². The average molecular weight is 260 g/mol. The highest BCUT2D eigenvalue weighted by Crippen LogP contribution is 2.26. The van der Waals surface area contributed by atoms with Gasteiger partial charge in [0, 0.05) is 37.6 Å². The van der Waals surface area contributed by atoms with Gasteiger partial charge in [0.05, 0.1) is 0 Å². The molecule has 104 valence electrons. The Morgan fingerprint density at radius 2 is 1.68 bits per heavy atom. The summed E-state index contributed by atoms with van der Waals surface area (Å²) in [6, 6.07) is 1.41. The maximum atomic E-state index is 4.33. The van der Waals surface area contributed by atoms with E-state index in [0.29, 0.717) is 6.04 Å². The van der Waals surface area contributed by atoms with Crippen LogP contribution in [0.15, 0.2) is 12.4 Å². The summed E-state index contributed by atoms with van der Waals surface area (Å²) in [5, 5.41) is 3.47. The Morgan fingerprint density at radius 3 is 2.32 bits per heavy atom. The molecule has 1 aromatic rings. The van der Waals surface area contributed by atoms with Crippen molar-refractivity contribution >= 4 is 5.95 Å². The van der Waals surface area contributed by atoms with Crippen molar-refractivity contribution in [2.75, 3.05) is 18.4 Å². The molecule has 1 aliphatic heterocycles. The Morgan fingerprint density at radius 1 is 1.05 bits per heavy atom. The fourth-order valence-corrected chi connectivity index (χ4v) is 3.33. The average Bonchev–Trinajstić information content (AvgIpc) is 2.96. The number of anilines is 1. The minimum Gasteiger partial charge on any atom is -0.351 e. The van der Waals surface area contributed by atoms with Crippen LogP contribution in [0.25, 0.3) is 0 Å². The minimum absolute atomic E-state index is 0.542. The fraction of sp³-hybridized carbons (Fsp3) is 0.733. The second-order valence-electron chi connectivity index (χ2n) is 5.98. The first-order chi connectivity index (χ1) is 9.31. The maximum Gasteiger partial charge on any atom is 0.222 e. The molecule has 2 heterocycles. The van der Waals surface area contributed by atoms with Crippen LogP contribution in [0.1, 0.15) is 44.1 Å². The second kappa shape index (κ2) is 5.87. The standard InChI is InChI=1S/C15H24N4/c1-12-10-16-15(17-11-12)18-13-6-8-19(9-7-13)14-4-2-3-5-14/h10-11,13-14H,2-9H2,1H3,(H,16,17,18). The van der Waals surface area contributed by atoms with Crippen molar-refractivity contribution in [2.45, 2.75) is 57.5 Å². The third-order valence-corrected chi connectivity index (χ3v) is 4.48. The molecule has 0 spiro atoms. The lowest BCUT2D eigenvalue weighted by atomic mass is 10.0. The molecule has 19 heavy (non-hydrogen) atoms. The van der Waals surface area contributed by atoms with Gasteiger partial charge < -0.3 is 10.2 Å². The summed E-state index contributed by atoms with van der Waals surface area (Å²) in [7, 11) is 0. The highest BCUT2D eigenvalue weighted by Gasteiger charge is 2.27. The van der Waals surface area contributed by atoms with Crippen LogP contribution in [0.3, 0.4) is 0 Å². The molecule has 1 saturated carbocycles. The van der Waals surface area contributed by atoms with Crippen molar-refractivity contribution in [3.63, 3.8) is 0 Å².